The molecule has 0 aromatic heterocycles. The van der Waals surface area contributed by atoms with Crippen molar-refractivity contribution in [3.8, 4) is 0 Å². The maximum atomic E-state index is 8.83. The van der Waals surface area contributed by atoms with Crippen LogP contribution < -0.4 is 5.09 Å². The van der Waals surface area contributed by atoms with E-state index in [1.807, 2.05) is 0 Å². The molecular weight excluding hydrogens is 188 g/mol. The highest BCUT2D eigenvalue weighted by Gasteiger charge is 2.34. The molecule has 6 heteroatoms. The quantitative estimate of drug-likeness (QED) is 0.349. The lowest BCUT2D eigenvalue weighted by molar-refractivity contribution is 0.308. The molecule has 0 aliphatic heterocycles. The summed E-state index contributed by atoms with van der Waals surface area (Å²) in [7, 11) is -2.12. The van der Waals surface area contributed by atoms with Gasteiger partial charge in [-0.05, 0) is 0 Å². The lowest BCUT2D eigenvalue weighted by Crippen LogP contribution is -2.25. The Labute approximate surface area is 71.6 Å². The van der Waals surface area contributed by atoms with E-state index in [0.29, 0.717) is 12.4 Å². The van der Waals surface area contributed by atoms with Crippen LogP contribution in [0.5, 0.6) is 0 Å². The van der Waals surface area contributed by atoms with Crippen molar-refractivity contribution in [2.24, 2.45) is 0 Å². The van der Waals surface area contributed by atoms with Gasteiger partial charge in [-0.2, -0.15) is 5.09 Å². The van der Waals surface area contributed by atoms with E-state index in [-0.39, 0.29) is 19.0 Å². The first kappa shape index (κ1) is 11.6. The van der Waals surface area contributed by atoms with Gasteiger partial charge in [-0.1, -0.05) is 0 Å². The van der Waals surface area contributed by atoms with Crippen molar-refractivity contribution in [3.63, 3.8) is 0 Å². The van der Waals surface area contributed by atoms with Crippen molar-refractivity contribution in [2.45, 2.75) is 0 Å². The van der Waals surface area contributed by atoms with Crippen molar-refractivity contribution in [1.29, 1.82) is 0 Å². The maximum Gasteiger partial charge on any atom is 0.174 e. The minimum absolute atomic E-state index is 0.198. The second-order valence-electron chi connectivity index (χ2n) is 2.17. The summed E-state index contributed by atoms with van der Waals surface area (Å²) in [5.41, 5.74) is 0. The van der Waals surface area contributed by atoms with Crippen molar-refractivity contribution >= 4 is 19.0 Å². The molecule has 0 rings (SSSR count). The minimum Gasteiger partial charge on any atom is -0.360 e. The van der Waals surface area contributed by atoms with Gasteiger partial charge in [-0.15, -0.1) is 11.6 Å². The number of hydrogen-bond donors (Lipinski definition) is 4. The van der Waals surface area contributed by atoms with Crippen molar-refractivity contribution in [1.82, 2.24) is 5.09 Å². The highest BCUT2D eigenvalue weighted by molar-refractivity contribution is 7.73. The van der Waals surface area contributed by atoms with Crippen LogP contribution in [-0.4, -0.2) is 46.8 Å². The van der Waals surface area contributed by atoms with Crippen LogP contribution in [0.2, 0.25) is 0 Å². The summed E-state index contributed by atoms with van der Waals surface area (Å²) >= 11 is 5.39. The first-order valence-electron chi connectivity index (χ1n) is 3.24. The van der Waals surface area contributed by atoms with Crippen LogP contribution >= 0.6 is 19.0 Å². The monoisotopic (exact) mass is 202 g/mol. The number of rotatable bonds is 6. The zero-order valence-corrected chi connectivity index (χ0v) is 7.85. The number of hydrogen-bond acceptors (Lipinski definition) is 4. The van der Waals surface area contributed by atoms with Crippen LogP contribution in [0.4, 0.5) is 0 Å². The minimum atomic E-state index is -2.12. The second kappa shape index (κ2) is 6.12. The number of halogens is 1. The highest BCUT2D eigenvalue weighted by atomic mass is 35.5. The lowest BCUT2D eigenvalue weighted by Gasteiger charge is -2.19. The van der Waals surface area contributed by atoms with Crippen molar-refractivity contribution in [3.05, 3.63) is 0 Å². The molecule has 0 aromatic carbocycles. The summed E-state index contributed by atoms with van der Waals surface area (Å²) in [6, 6.07) is 0. The van der Waals surface area contributed by atoms with Gasteiger partial charge in [-0.3, -0.25) is 0 Å². The summed E-state index contributed by atoms with van der Waals surface area (Å²) in [6.07, 6.45) is -0.593. The standard InChI is InChI=1S/C5H14ClNO3P/c6-1-2-7-11(3-8,4-9)5-10/h7-10H,1-5H2/q+1. The molecule has 0 aliphatic carbocycles. The topological polar surface area (TPSA) is 72.7 Å². The van der Waals surface area contributed by atoms with E-state index in [0.717, 1.165) is 0 Å². The van der Waals surface area contributed by atoms with Gasteiger partial charge in [-0.25, -0.2) is 0 Å². The molecular formula is C5H14ClNO3P+. The Kier molecular flexibility index (Phi) is 6.43. The van der Waals surface area contributed by atoms with E-state index in [9.17, 15) is 0 Å². The zero-order chi connectivity index (χ0) is 8.74. The van der Waals surface area contributed by atoms with E-state index in [1.54, 1.807) is 0 Å². The van der Waals surface area contributed by atoms with Gasteiger partial charge in [0.25, 0.3) is 0 Å². The Hall–Kier alpha value is 0.560. The Morgan fingerprint density at radius 3 is 1.82 bits per heavy atom. The first-order chi connectivity index (χ1) is 5.24. The Morgan fingerprint density at radius 2 is 1.55 bits per heavy atom. The Bertz CT molecular complexity index is 93.5. The molecule has 0 saturated carbocycles. The highest BCUT2D eigenvalue weighted by Crippen LogP contribution is 2.50. The molecule has 4 N–H and O–H groups in total. The van der Waals surface area contributed by atoms with Crippen molar-refractivity contribution < 1.29 is 15.3 Å². The average Bonchev–Trinajstić information content (AvgIpc) is 2.08. The third-order valence-electron chi connectivity index (χ3n) is 1.35. The fraction of sp³-hybridized carbons (Fsp3) is 1.00. The molecule has 0 heterocycles. The van der Waals surface area contributed by atoms with Gasteiger partial charge in [0.1, 0.15) is 0 Å². The van der Waals surface area contributed by atoms with Crippen LogP contribution in [-0.2, 0) is 0 Å². The number of aliphatic hydroxyl groups excluding tert-OH is 3. The average molecular weight is 203 g/mol. The van der Waals surface area contributed by atoms with Gasteiger partial charge in [0, 0.05) is 12.4 Å². The van der Waals surface area contributed by atoms with E-state index in [2.05, 4.69) is 5.09 Å². The molecule has 68 valence electrons. The molecule has 0 aliphatic rings. The molecule has 0 amide bonds. The first-order valence-corrected chi connectivity index (χ1v) is 6.12. The van der Waals surface area contributed by atoms with Crippen LogP contribution in [0.15, 0.2) is 0 Å². The molecule has 0 fully saturated rings. The van der Waals surface area contributed by atoms with Crippen molar-refractivity contribution in [2.75, 3.05) is 31.5 Å². The van der Waals surface area contributed by atoms with Gasteiger partial charge in [0.05, 0.1) is 0 Å². The third kappa shape index (κ3) is 3.65. The third-order valence-corrected chi connectivity index (χ3v) is 4.06. The number of alkyl halides is 1. The molecule has 0 bridgehead atoms. The molecule has 0 radical (unpaired) electrons. The smallest absolute Gasteiger partial charge is 0.174 e. The lowest BCUT2D eigenvalue weighted by atomic mass is 10.8. The Morgan fingerprint density at radius 1 is 1.09 bits per heavy atom. The normalized spacial score (nSPS) is 12.0. The summed E-state index contributed by atoms with van der Waals surface area (Å²) < 4.78 is 0. The van der Waals surface area contributed by atoms with E-state index >= 15 is 0 Å². The molecule has 0 unspecified atom stereocenters. The molecule has 11 heavy (non-hydrogen) atoms. The van der Waals surface area contributed by atoms with Gasteiger partial charge < -0.3 is 15.3 Å². The van der Waals surface area contributed by atoms with Crippen LogP contribution in [0, 0.1) is 0 Å². The van der Waals surface area contributed by atoms with Gasteiger partial charge >= 0.3 is 0 Å². The van der Waals surface area contributed by atoms with Gasteiger partial charge in [0.15, 0.2) is 26.5 Å². The predicted octanol–water partition coefficient (Wildman–Crippen LogP) is -0.403. The number of aliphatic hydroxyl groups is 3. The molecule has 0 atom stereocenters. The van der Waals surface area contributed by atoms with E-state index < -0.39 is 7.41 Å². The van der Waals surface area contributed by atoms with Crippen LogP contribution in [0.3, 0.4) is 0 Å². The summed E-state index contributed by atoms with van der Waals surface area (Å²) in [6.45, 7) is 0.497. The fourth-order valence-corrected chi connectivity index (χ4v) is 1.94. The number of nitrogens with one attached hydrogen (secondary N) is 1. The SMILES string of the molecule is OC[P+](CO)(CO)NCCCl. The van der Waals surface area contributed by atoms with Crippen LogP contribution in [0.25, 0.3) is 0 Å². The largest absolute Gasteiger partial charge is 0.360 e. The van der Waals surface area contributed by atoms with E-state index in [4.69, 9.17) is 26.9 Å². The van der Waals surface area contributed by atoms with Gasteiger partial charge in [0.2, 0.25) is 0 Å². The molecule has 0 aromatic rings. The predicted molar refractivity (Wildman–Crippen MR) is 46.9 cm³/mol. The molecule has 0 spiro atoms. The summed E-state index contributed by atoms with van der Waals surface area (Å²) in [5.74, 6) is 0.405. The Balaban J connectivity index is 3.84. The fourth-order valence-electron chi connectivity index (χ4n) is 0.564. The van der Waals surface area contributed by atoms with Crippen LogP contribution in [0.1, 0.15) is 0 Å². The summed E-state index contributed by atoms with van der Waals surface area (Å²) in [5, 5.41) is 29.3. The molecule has 4 nitrogen and oxygen atoms in total. The summed E-state index contributed by atoms with van der Waals surface area (Å²) in [4.78, 5) is 0. The molecule has 0 saturated heterocycles. The maximum absolute atomic E-state index is 8.83. The zero-order valence-electron chi connectivity index (χ0n) is 6.20. The second-order valence-corrected chi connectivity index (χ2v) is 6.00. The van der Waals surface area contributed by atoms with E-state index in [1.165, 1.54) is 0 Å².